The lowest BCUT2D eigenvalue weighted by atomic mass is 9.86. The van der Waals surface area contributed by atoms with E-state index in [-0.39, 0.29) is 0 Å². The molecule has 0 heterocycles. The van der Waals surface area contributed by atoms with Crippen LogP contribution in [0.5, 0.6) is 0 Å². The molecule has 0 aromatic rings. The van der Waals surface area contributed by atoms with Crippen molar-refractivity contribution in [2.24, 2.45) is 17.1 Å². The Morgan fingerprint density at radius 2 is 2.12 bits per heavy atom. The molecule has 0 aliphatic heterocycles. The lowest BCUT2D eigenvalue weighted by Gasteiger charge is -2.27. The van der Waals surface area contributed by atoms with Gasteiger partial charge in [0.15, 0.2) is 0 Å². The highest BCUT2D eigenvalue weighted by molar-refractivity contribution is 4.94. The Morgan fingerprint density at radius 1 is 1.31 bits per heavy atom. The summed E-state index contributed by atoms with van der Waals surface area (Å²) >= 11 is 0. The monoisotopic (exact) mass is 224 g/mol. The van der Waals surface area contributed by atoms with Gasteiger partial charge in [-0.3, -0.25) is 0 Å². The van der Waals surface area contributed by atoms with E-state index in [2.05, 4.69) is 12.2 Å². The second-order valence-corrected chi connectivity index (χ2v) is 6.17. The number of nitrogens with one attached hydrogen (secondary N) is 1. The van der Waals surface area contributed by atoms with Gasteiger partial charge in [0, 0.05) is 12.6 Å². The first-order chi connectivity index (χ1) is 7.74. The minimum atomic E-state index is 0.478. The van der Waals surface area contributed by atoms with E-state index in [1.54, 1.807) is 0 Å². The second kappa shape index (κ2) is 5.50. The molecule has 2 saturated carbocycles. The molecule has 2 aliphatic carbocycles. The Balaban J connectivity index is 1.60. The Morgan fingerprint density at radius 3 is 2.75 bits per heavy atom. The third kappa shape index (κ3) is 3.46. The molecule has 2 rings (SSSR count). The molecule has 2 fully saturated rings. The zero-order valence-corrected chi connectivity index (χ0v) is 10.8. The standard InChI is InChI=1S/C14H28N2/c1-2-6-14(7-8-14)11-16-10-12-4-3-5-13(15)9-12/h12-13,16H,2-11,15H2,1H3. The third-order valence-corrected chi connectivity index (χ3v) is 4.49. The van der Waals surface area contributed by atoms with E-state index in [9.17, 15) is 0 Å². The highest BCUT2D eigenvalue weighted by Gasteiger charge is 2.40. The molecule has 2 nitrogen and oxygen atoms in total. The summed E-state index contributed by atoms with van der Waals surface area (Å²) in [7, 11) is 0. The van der Waals surface area contributed by atoms with Crippen LogP contribution >= 0.6 is 0 Å². The molecular formula is C14H28N2. The highest BCUT2D eigenvalue weighted by Crippen LogP contribution is 2.48. The van der Waals surface area contributed by atoms with Crippen LogP contribution in [-0.2, 0) is 0 Å². The van der Waals surface area contributed by atoms with Crippen molar-refractivity contribution < 1.29 is 0 Å². The van der Waals surface area contributed by atoms with Crippen LogP contribution in [0.1, 0.15) is 58.3 Å². The van der Waals surface area contributed by atoms with Gasteiger partial charge >= 0.3 is 0 Å². The van der Waals surface area contributed by atoms with Gasteiger partial charge in [-0.15, -0.1) is 0 Å². The van der Waals surface area contributed by atoms with Crippen molar-refractivity contribution in [3.05, 3.63) is 0 Å². The van der Waals surface area contributed by atoms with Crippen molar-refractivity contribution in [1.29, 1.82) is 0 Å². The molecule has 2 aliphatic rings. The third-order valence-electron chi connectivity index (χ3n) is 4.49. The Kier molecular flexibility index (Phi) is 4.26. The molecule has 2 heteroatoms. The average Bonchev–Trinajstić information content (AvgIpc) is 2.99. The van der Waals surface area contributed by atoms with E-state index in [1.165, 1.54) is 64.5 Å². The molecule has 0 aromatic heterocycles. The fourth-order valence-corrected chi connectivity index (χ4v) is 3.28. The molecule has 0 bridgehead atoms. The maximum atomic E-state index is 6.01. The topological polar surface area (TPSA) is 38.0 Å². The van der Waals surface area contributed by atoms with Gasteiger partial charge in [-0.05, 0) is 56.4 Å². The van der Waals surface area contributed by atoms with Crippen LogP contribution in [-0.4, -0.2) is 19.1 Å². The molecule has 3 N–H and O–H groups in total. The van der Waals surface area contributed by atoms with Crippen LogP contribution in [0, 0.1) is 11.3 Å². The zero-order chi connectivity index (χ0) is 11.4. The predicted octanol–water partition coefficient (Wildman–Crippen LogP) is 2.67. The van der Waals surface area contributed by atoms with Crippen LogP contribution in [0.3, 0.4) is 0 Å². The van der Waals surface area contributed by atoms with Crippen molar-refractivity contribution in [3.8, 4) is 0 Å². The number of rotatable bonds is 6. The molecule has 16 heavy (non-hydrogen) atoms. The van der Waals surface area contributed by atoms with E-state index in [0.29, 0.717) is 11.5 Å². The van der Waals surface area contributed by atoms with Crippen LogP contribution in [0.2, 0.25) is 0 Å². The van der Waals surface area contributed by atoms with E-state index in [0.717, 1.165) is 5.92 Å². The van der Waals surface area contributed by atoms with Crippen molar-refractivity contribution in [3.63, 3.8) is 0 Å². The molecule has 2 unspecified atom stereocenters. The van der Waals surface area contributed by atoms with Crippen LogP contribution < -0.4 is 11.1 Å². The van der Waals surface area contributed by atoms with Gasteiger partial charge in [0.1, 0.15) is 0 Å². The van der Waals surface area contributed by atoms with Crippen molar-refractivity contribution in [1.82, 2.24) is 5.32 Å². The molecule has 94 valence electrons. The molecule has 2 atom stereocenters. The smallest absolute Gasteiger partial charge is 0.00419 e. The Labute approximate surface area is 100 Å². The summed E-state index contributed by atoms with van der Waals surface area (Å²) in [6.45, 7) is 4.77. The van der Waals surface area contributed by atoms with Crippen LogP contribution in [0.4, 0.5) is 0 Å². The van der Waals surface area contributed by atoms with Crippen molar-refractivity contribution in [2.75, 3.05) is 13.1 Å². The SMILES string of the molecule is CCCC1(CNCC2CCCC(N)C2)CC1. The average molecular weight is 224 g/mol. The lowest BCUT2D eigenvalue weighted by Crippen LogP contribution is -2.35. The normalized spacial score (nSPS) is 32.6. The molecule has 0 amide bonds. The molecule has 0 aromatic carbocycles. The Bertz CT molecular complexity index is 211. The molecule has 0 saturated heterocycles. The van der Waals surface area contributed by atoms with E-state index in [1.807, 2.05) is 0 Å². The fraction of sp³-hybridized carbons (Fsp3) is 1.00. The van der Waals surface area contributed by atoms with Crippen LogP contribution in [0.25, 0.3) is 0 Å². The summed E-state index contributed by atoms with van der Waals surface area (Å²) in [5.74, 6) is 0.848. The largest absolute Gasteiger partial charge is 0.328 e. The lowest BCUT2D eigenvalue weighted by molar-refractivity contribution is 0.299. The highest BCUT2D eigenvalue weighted by atomic mass is 14.9. The second-order valence-electron chi connectivity index (χ2n) is 6.17. The van der Waals surface area contributed by atoms with Crippen molar-refractivity contribution in [2.45, 2.75) is 64.3 Å². The summed E-state index contributed by atoms with van der Waals surface area (Å²) in [5, 5.41) is 3.71. The van der Waals surface area contributed by atoms with Gasteiger partial charge in [0.05, 0.1) is 0 Å². The summed E-state index contributed by atoms with van der Waals surface area (Å²) in [6.07, 6.45) is 10.9. The fourth-order valence-electron chi connectivity index (χ4n) is 3.28. The molecule has 0 spiro atoms. The van der Waals surface area contributed by atoms with Crippen molar-refractivity contribution >= 4 is 0 Å². The minimum absolute atomic E-state index is 0.478. The van der Waals surface area contributed by atoms with Gasteiger partial charge < -0.3 is 11.1 Å². The summed E-state index contributed by atoms with van der Waals surface area (Å²) < 4.78 is 0. The van der Waals surface area contributed by atoms with Gasteiger partial charge in [-0.1, -0.05) is 19.8 Å². The predicted molar refractivity (Wildman–Crippen MR) is 69.4 cm³/mol. The summed E-state index contributed by atoms with van der Waals surface area (Å²) in [4.78, 5) is 0. The molecule has 0 radical (unpaired) electrons. The van der Waals surface area contributed by atoms with Gasteiger partial charge in [-0.25, -0.2) is 0 Å². The van der Waals surface area contributed by atoms with Gasteiger partial charge in [0.25, 0.3) is 0 Å². The number of hydrogen-bond donors (Lipinski definition) is 2. The number of hydrogen-bond acceptors (Lipinski definition) is 2. The number of nitrogens with two attached hydrogens (primary N) is 1. The van der Waals surface area contributed by atoms with Gasteiger partial charge in [-0.2, -0.15) is 0 Å². The van der Waals surface area contributed by atoms with Gasteiger partial charge in [0.2, 0.25) is 0 Å². The maximum Gasteiger partial charge on any atom is 0.00419 e. The van der Waals surface area contributed by atoms with E-state index < -0.39 is 0 Å². The maximum absolute atomic E-state index is 6.01. The first-order valence-electron chi connectivity index (χ1n) is 7.20. The summed E-state index contributed by atoms with van der Waals surface area (Å²) in [6, 6.07) is 0.478. The van der Waals surface area contributed by atoms with Crippen LogP contribution in [0.15, 0.2) is 0 Å². The quantitative estimate of drug-likeness (QED) is 0.728. The van der Waals surface area contributed by atoms with E-state index >= 15 is 0 Å². The first-order valence-corrected chi connectivity index (χ1v) is 7.20. The first kappa shape index (κ1) is 12.4. The Hall–Kier alpha value is -0.0800. The zero-order valence-electron chi connectivity index (χ0n) is 10.8. The minimum Gasteiger partial charge on any atom is -0.328 e. The summed E-state index contributed by atoms with van der Waals surface area (Å²) in [5.41, 5.74) is 6.71. The molecular weight excluding hydrogens is 196 g/mol. The van der Waals surface area contributed by atoms with E-state index in [4.69, 9.17) is 5.73 Å².